The van der Waals surface area contributed by atoms with Gasteiger partial charge in [-0.25, -0.2) is 13.1 Å². The second-order valence-electron chi connectivity index (χ2n) is 5.06. The predicted molar refractivity (Wildman–Crippen MR) is 90.2 cm³/mol. The van der Waals surface area contributed by atoms with E-state index in [0.717, 1.165) is 0 Å². The molecule has 0 saturated heterocycles. The lowest BCUT2D eigenvalue weighted by atomic mass is 10.2. The largest absolute Gasteiger partial charge is 0.390 e. The van der Waals surface area contributed by atoms with Crippen LogP contribution in [0, 0.1) is 0 Å². The summed E-state index contributed by atoms with van der Waals surface area (Å²) in [5, 5.41) is 11.5. The van der Waals surface area contributed by atoms with Crippen LogP contribution >= 0.6 is 0 Å². The van der Waals surface area contributed by atoms with Crippen molar-refractivity contribution in [3.05, 3.63) is 53.9 Å². The van der Waals surface area contributed by atoms with Crippen LogP contribution in [0.2, 0.25) is 0 Å². The number of hydrogen-bond acceptors (Lipinski definition) is 6. The Labute approximate surface area is 145 Å². The minimum absolute atomic E-state index is 0.0487. The van der Waals surface area contributed by atoms with E-state index < -0.39 is 15.9 Å². The molecule has 0 saturated carbocycles. The first-order chi connectivity index (χ1) is 11.9. The first-order valence-electron chi connectivity index (χ1n) is 7.38. The van der Waals surface area contributed by atoms with E-state index in [1.807, 2.05) is 4.72 Å². The molecular formula is C16H17N3O5S. The number of anilines is 1. The molecule has 1 aromatic heterocycles. The molecular weight excluding hydrogens is 346 g/mol. The average Bonchev–Trinajstić information content (AvgIpc) is 2.61. The maximum atomic E-state index is 12.2. The first kappa shape index (κ1) is 18.6. The van der Waals surface area contributed by atoms with Crippen molar-refractivity contribution in [2.24, 2.45) is 0 Å². The van der Waals surface area contributed by atoms with Crippen molar-refractivity contribution in [3.63, 3.8) is 0 Å². The molecule has 0 bridgehead atoms. The number of nitrogens with zero attached hydrogens (tertiary/aromatic N) is 1. The lowest BCUT2D eigenvalue weighted by molar-refractivity contribution is -0.115. The van der Waals surface area contributed by atoms with Gasteiger partial charge in [0, 0.05) is 18.3 Å². The molecule has 0 aliphatic carbocycles. The van der Waals surface area contributed by atoms with Crippen LogP contribution in [-0.2, 0) is 21.4 Å². The molecule has 8 nitrogen and oxygen atoms in total. The Kier molecular flexibility index (Phi) is 5.84. The Morgan fingerprint density at radius 3 is 2.32 bits per heavy atom. The third-order valence-corrected chi connectivity index (χ3v) is 4.59. The number of aliphatic hydroxyl groups is 1. The fourth-order valence-corrected chi connectivity index (χ4v) is 2.83. The summed E-state index contributed by atoms with van der Waals surface area (Å²) in [6, 6.07) is 8.23. The van der Waals surface area contributed by atoms with Crippen molar-refractivity contribution in [2.45, 2.75) is 24.8 Å². The third kappa shape index (κ3) is 4.85. The van der Waals surface area contributed by atoms with Crippen molar-refractivity contribution in [3.8, 4) is 0 Å². The molecule has 1 aromatic carbocycles. The van der Waals surface area contributed by atoms with Crippen LogP contribution in [0.5, 0.6) is 0 Å². The number of benzene rings is 1. The summed E-state index contributed by atoms with van der Waals surface area (Å²) in [5.41, 5.74) is 0.873. The van der Waals surface area contributed by atoms with Gasteiger partial charge in [0.15, 0.2) is 0 Å². The lowest BCUT2D eigenvalue weighted by Gasteiger charge is -2.08. The summed E-state index contributed by atoms with van der Waals surface area (Å²) in [4.78, 5) is 27.0. The topological polar surface area (TPSA) is 125 Å². The summed E-state index contributed by atoms with van der Waals surface area (Å²) >= 11 is 0. The normalized spacial score (nSPS) is 11.0. The highest BCUT2D eigenvalue weighted by atomic mass is 32.2. The zero-order chi connectivity index (χ0) is 18.4. The van der Waals surface area contributed by atoms with Crippen LogP contribution in [0.1, 0.15) is 29.4 Å². The number of carbonyl (C=O) groups excluding carboxylic acids is 2. The van der Waals surface area contributed by atoms with Crippen LogP contribution < -0.4 is 10.0 Å². The van der Waals surface area contributed by atoms with Gasteiger partial charge in [-0.2, -0.15) is 0 Å². The van der Waals surface area contributed by atoms with E-state index >= 15 is 0 Å². The Morgan fingerprint density at radius 1 is 1.12 bits per heavy atom. The van der Waals surface area contributed by atoms with E-state index in [2.05, 4.69) is 10.3 Å². The second kappa shape index (κ2) is 7.86. The maximum absolute atomic E-state index is 12.2. The number of carbonyl (C=O) groups is 2. The van der Waals surface area contributed by atoms with E-state index in [-0.39, 0.29) is 23.0 Å². The van der Waals surface area contributed by atoms with Gasteiger partial charge in [0.25, 0.3) is 15.9 Å². The van der Waals surface area contributed by atoms with Gasteiger partial charge >= 0.3 is 0 Å². The number of aromatic nitrogens is 1. The number of aliphatic hydroxyl groups excluding tert-OH is 1. The molecule has 0 unspecified atom stereocenters. The van der Waals surface area contributed by atoms with Gasteiger partial charge in [-0.15, -0.1) is 0 Å². The Morgan fingerprint density at radius 2 is 1.80 bits per heavy atom. The number of sulfonamides is 1. The predicted octanol–water partition coefficient (Wildman–Crippen LogP) is 1.04. The SMILES string of the molecule is CCC(=O)Nc1ccc(S(=O)(=O)NC(=O)c2ccc(CO)nc2)cc1. The van der Waals surface area contributed by atoms with Gasteiger partial charge in [-0.05, 0) is 36.4 Å². The number of hydrogen-bond donors (Lipinski definition) is 3. The standard InChI is InChI=1S/C16H17N3O5S/c1-2-15(21)18-12-5-7-14(8-6-12)25(23,24)19-16(22)11-3-4-13(10-20)17-9-11/h3-9,20H,2,10H2,1H3,(H,18,21)(H,19,22). The van der Waals surface area contributed by atoms with E-state index in [1.54, 1.807) is 6.92 Å². The molecule has 0 fully saturated rings. The van der Waals surface area contributed by atoms with Crippen LogP contribution in [0.25, 0.3) is 0 Å². The fourth-order valence-electron chi connectivity index (χ4n) is 1.86. The number of pyridine rings is 1. The average molecular weight is 363 g/mol. The molecule has 2 amide bonds. The molecule has 0 aliphatic heterocycles. The number of amides is 2. The highest BCUT2D eigenvalue weighted by Crippen LogP contribution is 2.15. The van der Waals surface area contributed by atoms with Crippen molar-refractivity contribution >= 4 is 27.5 Å². The molecule has 132 valence electrons. The van der Waals surface area contributed by atoms with E-state index in [9.17, 15) is 18.0 Å². The van der Waals surface area contributed by atoms with Crippen molar-refractivity contribution in [1.82, 2.24) is 9.71 Å². The molecule has 0 radical (unpaired) electrons. The van der Waals surface area contributed by atoms with Crippen molar-refractivity contribution < 1.29 is 23.1 Å². The smallest absolute Gasteiger partial charge is 0.266 e. The zero-order valence-corrected chi connectivity index (χ0v) is 14.2. The zero-order valence-electron chi connectivity index (χ0n) is 13.4. The second-order valence-corrected chi connectivity index (χ2v) is 6.74. The van der Waals surface area contributed by atoms with Gasteiger partial charge in [0.2, 0.25) is 5.91 Å². The summed E-state index contributed by atoms with van der Waals surface area (Å²) in [7, 11) is -4.06. The summed E-state index contributed by atoms with van der Waals surface area (Å²) in [6.45, 7) is 1.42. The monoisotopic (exact) mass is 363 g/mol. The quantitative estimate of drug-likeness (QED) is 0.704. The Balaban J connectivity index is 2.12. The summed E-state index contributed by atoms with van der Waals surface area (Å²) in [5.74, 6) is -1.02. The minimum atomic E-state index is -4.06. The molecule has 0 spiro atoms. The third-order valence-electron chi connectivity index (χ3n) is 3.25. The Bertz CT molecular complexity index is 862. The van der Waals surface area contributed by atoms with Crippen LogP contribution in [0.4, 0.5) is 5.69 Å². The summed E-state index contributed by atoms with van der Waals surface area (Å²) < 4.78 is 26.4. The van der Waals surface area contributed by atoms with Crippen molar-refractivity contribution in [2.75, 3.05) is 5.32 Å². The fraction of sp³-hybridized carbons (Fsp3) is 0.188. The molecule has 3 N–H and O–H groups in total. The van der Waals surface area contributed by atoms with E-state index in [4.69, 9.17) is 5.11 Å². The first-order valence-corrected chi connectivity index (χ1v) is 8.87. The van der Waals surface area contributed by atoms with Crippen LogP contribution in [-0.4, -0.2) is 30.3 Å². The van der Waals surface area contributed by atoms with Gasteiger partial charge in [0.1, 0.15) is 0 Å². The summed E-state index contributed by atoms with van der Waals surface area (Å²) in [6.07, 6.45) is 1.49. The van der Waals surface area contributed by atoms with Crippen molar-refractivity contribution in [1.29, 1.82) is 0 Å². The molecule has 0 atom stereocenters. The van der Waals surface area contributed by atoms with E-state index in [1.165, 1.54) is 42.6 Å². The van der Waals surface area contributed by atoms with Gasteiger partial charge < -0.3 is 10.4 Å². The Hall–Kier alpha value is -2.78. The molecule has 1 heterocycles. The molecule has 0 aliphatic rings. The van der Waals surface area contributed by atoms with Gasteiger partial charge in [-0.3, -0.25) is 14.6 Å². The molecule has 2 rings (SSSR count). The van der Waals surface area contributed by atoms with Gasteiger partial charge in [0.05, 0.1) is 22.8 Å². The minimum Gasteiger partial charge on any atom is -0.390 e. The molecule has 2 aromatic rings. The number of rotatable bonds is 6. The molecule has 25 heavy (non-hydrogen) atoms. The highest BCUT2D eigenvalue weighted by Gasteiger charge is 2.19. The van der Waals surface area contributed by atoms with Gasteiger partial charge in [-0.1, -0.05) is 6.92 Å². The van der Waals surface area contributed by atoms with Crippen LogP contribution in [0.3, 0.4) is 0 Å². The molecule has 9 heteroatoms. The lowest BCUT2D eigenvalue weighted by Crippen LogP contribution is -2.30. The maximum Gasteiger partial charge on any atom is 0.266 e. The number of nitrogens with one attached hydrogen (secondary N) is 2. The van der Waals surface area contributed by atoms with Crippen LogP contribution in [0.15, 0.2) is 47.5 Å². The van der Waals surface area contributed by atoms with E-state index in [0.29, 0.717) is 17.8 Å². The highest BCUT2D eigenvalue weighted by molar-refractivity contribution is 7.90.